The molecular formula is C19H16ClF3N4O2. The first kappa shape index (κ1) is 19.4. The lowest BCUT2D eigenvalue weighted by Crippen LogP contribution is -2.36. The fraction of sp³-hybridized carbons (Fsp3) is 0.263. The molecule has 3 heterocycles. The molecule has 0 radical (unpaired) electrons. The van der Waals surface area contributed by atoms with Gasteiger partial charge in [-0.2, -0.15) is 18.3 Å². The maximum atomic E-state index is 13.6. The third kappa shape index (κ3) is 3.82. The number of furan rings is 1. The Balaban J connectivity index is 1.61. The molecule has 1 aromatic carbocycles. The highest BCUT2D eigenvalue weighted by Gasteiger charge is 2.47. The summed E-state index contributed by atoms with van der Waals surface area (Å²) in [5.74, 6) is -0.203. The number of hydrogen-bond donors (Lipinski definition) is 2. The summed E-state index contributed by atoms with van der Waals surface area (Å²) >= 11 is 6.08. The van der Waals surface area contributed by atoms with Crippen molar-refractivity contribution in [1.82, 2.24) is 15.1 Å². The minimum absolute atomic E-state index is 0.00312. The molecule has 1 amide bonds. The van der Waals surface area contributed by atoms with E-state index < -0.39 is 24.2 Å². The minimum atomic E-state index is -4.53. The van der Waals surface area contributed by atoms with Crippen LogP contribution >= 0.6 is 11.6 Å². The van der Waals surface area contributed by atoms with E-state index in [1.807, 2.05) is 0 Å². The van der Waals surface area contributed by atoms with Gasteiger partial charge in [-0.3, -0.25) is 4.79 Å². The molecule has 4 rings (SSSR count). The summed E-state index contributed by atoms with van der Waals surface area (Å²) in [5.41, 5.74) is 0.709. The van der Waals surface area contributed by atoms with Crippen molar-refractivity contribution < 1.29 is 22.4 Å². The Bertz CT molecular complexity index is 1020. The van der Waals surface area contributed by atoms with Crippen LogP contribution in [0.3, 0.4) is 0 Å². The van der Waals surface area contributed by atoms with Crippen molar-refractivity contribution in [3.8, 4) is 0 Å². The van der Waals surface area contributed by atoms with Gasteiger partial charge in [0, 0.05) is 18.0 Å². The number of aromatic nitrogens is 2. The van der Waals surface area contributed by atoms with Crippen LogP contribution in [0.15, 0.2) is 53.3 Å². The van der Waals surface area contributed by atoms with Crippen LogP contribution in [-0.4, -0.2) is 21.9 Å². The Kier molecular flexibility index (Phi) is 4.99. The van der Waals surface area contributed by atoms with Crippen LogP contribution in [0.2, 0.25) is 5.02 Å². The van der Waals surface area contributed by atoms with E-state index in [2.05, 4.69) is 15.7 Å². The minimum Gasteiger partial charge on any atom is -0.467 e. The van der Waals surface area contributed by atoms with Crippen LogP contribution in [0, 0.1) is 0 Å². The van der Waals surface area contributed by atoms with Crippen LogP contribution < -0.4 is 10.6 Å². The molecule has 1 aliphatic rings. The molecule has 6 nitrogen and oxygen atoms in total. The number of hydrogen-bond acceptors (Lipinski definition) is 4. The molecule has 1 aliphatic heterocycles. The molecule has 0 unspecified atom stereocenters. The summed E-state index contributed by atoms with van der Waals surface area (Å²) in [7, 11) is 0. The van der Waals surface area contributed by atoms with Gasteiger partial charge >= 0.3 is 6.18 Å². The number of nitrogens with zero attached hydrogens (tertiary/aromatic N) is 2. The Morgan fingerprint density at radius 1 is 1.31 bits per heavy atom. The largest absolute Gasteiger partial charge is 0.467 e. The zero-order chi connectivity index (χ0) is 20.6. The van der Waals surface area contributed by atoms with Gasteiger partial charge in [0.1, 0.15) is 17.1 Å². The highest BCUT2D eigenvalue weighted by molar-refractivity contribution is 6.31. The van der Waals surface area contributed by atoms with E-state index in [1.54, 1.807) is 36.4 Å². The van der Waals surface area contributed by atoms with Crippen LogP contribution in [0.5, 0.6) is 0 Å². The Morgan fingerprint density at radius 3 is 2.79 bits per heavy atom. The summed E-state index contributed by atoms with van der Waals surface area (Å²) in [4.78, 5) is 12.7. The third-order valence-corrected chi connectivity index (χ3v) is 5.14. The second-order valence-electron chi connectivity index (χ2n) is 6.63. The van der Waals surface area contributed by atoms with Crippen LogP contribution in [0.25, 0.3) is 0 Å². The van der Waals surface area contributed by atoms with Crippen molar-refractivity contribution in [1.29, 1.82) is 0 Å². The van der Waals surface area contributed by atoms with Crippen LogP contribution in [-0.2, 0) is 6.54 Å². The first-order valence-corrected chi connectivity index (χ1v) is 9.18. The van der Waals surface area contributed by atoms with E-state index >= 15 is 0 Å². The summed E-state index contributed by atoms with van der Waals surface area (Å²) in [6.07, 6.45) is -2.30. The fourth-order valence-electron chi connectivity index (χ4n) is 3.32. The van der Waals surface area contributed by atoms with E-state index in [1.165, 1.54) is 6.26 Å². The van der Waals surface area contributed by atoms with Crippen molar-refractivity contribution in [3.63, 3.8) is 0 Å². The first-order valence-electron chi connectivity index (χ1n) is 8.80. The number of alkyl halides is 3. The van der Waals surface area contributed by atoms with Gasteiger partial charge in [0.15, 0.2) is 6.04 Å². The number of anilines is 1. The molecular weight excluding hydrogens is 409 g/mol. The molecule has 0 saturated heterocycles. The molecule has 2 aromatic heterocycles. The van der Waals surface area contributed by atoms with Gasteiger partial charge in [0.05, 0.1) is 18.5 Å². The zero-order valence-corrected chi connectivity index (χ0v) is 15.7. The smallest absolute Gasteiger partial charge is 0.410 e. The topological polar surface area (TPSA) is 72.1 Å². The van der Waals surface area contributed by atoms with E-state index in [-0.39, 0.29) is 24.3 Å². The maximum absolute atomic E-state index is 13.6. The fourth-order valence-corrected chi connectivity index (χ4v) is 3.52. The highest BCUT2D eigenvalue weighted by atomic mass is 35.5. The lowest BCUT2D eigenvalue weighted by molar-refractivity contribution is -0.174. The molecule has 2 atom stereocenters. The molecule has 0 spiro atoms. The molecule has 29 heavy (non-hydrogen) atoms. The number of rotatable bonds is 4. The van der Waals surface area contributed by atoms with Gasteiger partial charge in [-0.25, -0.2) is 4.68 Å². The van der Waals surface area contributed by atoms with E-state index in [4.69, 9.17) is 16.0 Å². The highest BCUT2D eigenvalue weighted by Crippen LogP contribution is 2.44. The quantitative estimate of drug-likeness (QED) is 0.635. The molecule has 0 saturated carbocycles. The maximum Gasteiger partial charge on any atom is 0.410 e. The number of benzene rings is 1. The van der Waals surface area contributed by atoms with Gasteiger partial charge in [0.25, 0.3) is 5.91 Å². The molecule has 0 aliphatic carbocycles. The normalized spacial score (nSPS) is 18.8. The van der Waals surface area contributed by atoms with Crippen LogP contribution in [0.1, 0.15) is 40.2 Å². The average Bonchev–Trinajstić information content (AvgIpc) is 3.35. The predicted octanol–water partition coefficient (Wildman–Crippen LogP) is 4.72. The summed E-state index contributed by atoms with van der Waals surface area (Å²) in [5, 5.41) is 9.95. The number of fused-ring (bicyclic) bond motifs is 1. The summed E-state index contributed by atoms with van der Waals surface area (Å²) < 4.78 is 47.0. The molecule has 0 bridgehead atoms. The number of carbonyl (C=O) groups is 1. The SMILES string of the molecule is O=C(NCc1ccccc1Cl)c1cnn2c1N[C@H](c1ccco1)C[C@H]2C(F)(F)F. The first-order chi connectivity index (χ1) is 13.8. The van der Waals surface area contributed by atoms with Crippen LogP contribution in [0.4, 0.5) is 19.0 Å². The number of amides is 1. The van der Waals surface area contributed by atoms with Gasteiger partial charge in [0.2, 0.25) is 0 Å². The van der Waals surface area contributed by atoms with Gasteiger partial charge in [-0.05, 0) is 23.8 Å². The standard InChI is InChI=1S/C19H16ClF3N4O2/c20-13-5-2-1-4-11(13)9-24-18(28)12-10-25-27-16(19(21,22)23)8-14(26-17(12)27)15-6-3-7-29-15/h1-7,10,14,16,26H,8-9H2,(H,24,28)/t14-,16-/m0/s1. The lowest BCUT2D eigenvalue weighted by Gasteiger charge is -2.32. The Labute approximate surface area is 168 Å². The van der Waals surface area contributed by atoms with Crippen molar-refractivity contribution in [2.75, 3.05) is 5.32 Å². The van der Waals surface area contributed by atoms with Gasteiger partial charge in [-0.15, -0.1) is 0 Å². The van der Waals surface area contributed by atoms with Crippen molar-refractivity contribution in [2.45, 2.75) is 31.2 Å². The second kappa shape index (κ2) is 7.47. The predicted molar refractivity (Wildman–Crippen MR) is 99.6 cm³/mol. The van der Waals surface area contributed by atoms with Crippen molar-refractivity contribution >= 4 is 23.3 Å². The molecule has 3 aromatic rings. The number of carbonyl (C=O) groups excluding carboxylic acids is 1. The lowest BCUT2D eigenvalue weighted by atomic mass is 10.0. The number of nitrogens with one attached hydrogen (secondary N) is 2. The van der Waals surface area contributed by atoms with E-state index in [0.717, 1.165) is 10.9 Å². The summed E-state index contributed by atoms with van der Waals surface area (Å²) in [6, 6.07) is 7.55. The van der Waals surface area contributed by atoms with Crippen molar-refractivity contribution in [3.05, 3.63) is 70.8 Å². The average molecular weight is 425 g/mol. The van der Waals surface area contributed by atoms with Gasteiger partial charge < -0.3 is 15.1 Å². The molecule has 0 fully saturated rings. The second-order valence-corrected chi connectivity index (χ2v) is 7.04. The molecule has 10 heteroatoms. The Hall–Kier alpha value is -2.94. The monoisotopic (exact) mass is 424 g/mol. The van der Waals surface area contributed by atoms with E-state index in [0.29, 0.717) is 16.3 Å². The van der Waals surface area contributed by atoms with Crippen molar-refractivity contribution in [2.24, 2.45) is 0 Å². The summed E-state index contributed by atoms with van der Waals surface area (Å²) in [6.45, 7) is 0.132. The zero-order valence-electron chi connectivity index (χ0n) is 14.9. The van der Waals surface area contributed by atoms with Gasteiger partial charge in [-0.1, -0.05) is 29.8 Å². The third-order valence-electron chi connectivity index (χ3n) is 4.77. The Morgan fingerprint density at radius 2 is 2.10 bits per heavy atom. The van der Waals surface area contributed by atoms with E-state index in [9.17, 15) is 18.0 Å². The molecule has 2 N–H and O–H groups in total. The number of halogens is 4. The molecule has 152 valence electrons.